The normalized spacial score (nSPS) is 17.6. The van der Waals surface area contributed by atoms with Crippen molar-refractivity contribution in [1.29, 1.82) is 0 Å². The lowest BCUT2D eigenvalue weighted by molar-refractivity contribution is -0.138. The fraction of sp³-hybridized carbons (Fsp3) is 0.300. The van der Waals surface area contributed by atoms with Gasteiger partial charge in [0.25, 0.3) is 0 Å². The largest absolute Gasteiger partial charge is 0.447 e. The highest BCUT2D eigenvalue weighted by molar-refractivity contribution is 9.10. The van der Waals surface area contributed by atoms with Crippen LogP contribution in [-0.2, 0) is 28.8 Å². The predicted octanol–water partition coefficient (Wildman–Crippen LogP) is 16.9. The maximum absolute atomic E-state index is 13.0. The number of hydrogen-bond donors (Lipinski definition) is 0. The molecule has 0 aliphatic carbocycles. The number of alkyl halides is 6. The number of carbonyl (C=O) groups is 6. The van der Waals surface area contributed by atoms with Gasteiger partial charge in [-0.15, -0.1) is 4.52 Å². The van der Waals surface area contributed by atoms with Gasteiger partial charge in [0, 0.05) is 41.2 Å². The van der Waals surface area contributed by atoms with E-state index in [1.807, 2.05) is 0 Å². The molecule has 6 aromatic carbocycles. The Bertz CT molecular complexity index is 3370. The average molecular weight is 1680 g/mol. The van der Waals surface area contributed by atoms with Crippen LogP contribution in [0.3, 0.4) is 0 Å². The minimum absolute atomic E-state index is 0.0936. The smallest absolute Gasteiger partial charge is 0.440 e. The minimum atomic E-state index is -4.54. The van der Waals surface area contributed by atoms with Crippen molar-refractivity contribution in [3.8, 4) is 69.0 Å². The van der Waals surface area contributed by atoms with E-state index in [-0.39, 0.29) is 69.0 Å². The number of esters is 6. The van der Waals surface area contributed by atoms with E-state index in [4.69, 9.17) is 60.7 Å². The van der Waals surface area contributed by atoms with Crippen LogP contribution in [0.1, 0.15) is 41.5 Å². The quantitative estimate of drug-likeness (QED) is 0.0176. The van der Waals surface area contributed by atoms with Gasteiger partial charge in [0.05, 0.1) is 35.5 Å². The van der Waals surface area contributed by atoms with Crippen LogP contribution in [0.2, 0.25) is 0 Å². The van der Waals surface area contributed by atoms with Crippen LogP contribution in [0.5, 0.6) is 69.0 Å². The van der Waals surface area contributed by atoms with Crippen LogP contribution in [0, 0.1) is 35.5 Å². The molecule has 0 saturated carbocycles. The molecular formula is C60H60Br6N3O18P3. The number of rotatable bonds is 30. The molecule has 1 aliphatic heterocycles. The second-order valence-electron chi connectivity index (χ2n) is 19.8. The second kappa shape index (κ2) is 35.2. The fourth-order valence-electron chi connectivity index (χ4n) is 6.54. The summed E-state index contributed by atoms with van der Waals surface area (Å²) in [6.07, 6.45) is 0. The highest BCUT2D eigenvalue weighted by Crippen LogP contribution is 2.78. The van der Waals surface area contributed by atoms with E-state index < -0.39 is 95.9 Å². The summed E-state index contributed by atoms with van der Waals surface area (Å²) in [7, 11) is -10.1. The highest BCUT2D eigenvalue weighted by Gasteiger charge is 2.58. The van der Waals surface area contributed by atoms with Crippen LogP contribution >= 0.6 is 120 Å². The zero-order chi connectivity index (χ0) is 65.1. The van der Waals surface area contributed by atoms with Gasteiger partial charge in [-0.2, -0.15) is 0 Å². The van der Waals surface area contributed by atoms with Gasteiger partial charge in [0.1, 0.15) is 69.0 Å². The molecule has 6 aromatic rings. The number of hydrogen-bond acceptors (Lipinski definition) is 21. The lowest BCUT2D eigenvalue weighted by atomic mass is 10.2. The molecule has 1 aliphatic rings. The number of nitrogens with zero attached hydrogens (tertiary/aromatic N) is 3. The summed E-state index contributed by atoms with van der Waals surface area (Å²) in [4.78, 5) is 91.7. The molecule has 0 N–H and O–H groups in total. The average Bonchev–Trinajstić information content (AvgIpc) is 0.769. The van der Waals surface area contributed by atoms with Crippen LogP contribution in [0.4, 0.5) is 0 Å². The summed E-state index contributed by atoms with van der Waals surface area (Å²) in [5.41, 5.74) is 0. The molecule has 1 heterocycles. The zero-order valence-electron chi connectivity index (χ0n) is 48.9. The van der Waals surface area contributed by atoms with Gasteiger partial charge in [0.2, 0.25) is 0 Å². The third-order valence-electron chi connectivity index (χ3n) is 12.1. The summed E-state index contributed by atoms with van der Waals surface area (Å²) in [5.74, 6) is -3.80. The van der Waals surface area contributed by atoms with Crippen LogP contribution in [0.25, 0.3) is 0 Å². The molecule has 0 amide bonds. The Morgan fingerprint density at radius 3 is 0.833 bits per heavy atom. The van der Waals surface area contributed by atoms with E-state index in [9.17, 15) is 28.8 Å². The summed E-state index contributed by atoms with van der Waals surface area (Å²) < 4.78 is 70.4. The Balaban J connectivity index is 1.49. The molecule has 0 aromatic heterocycles. The third kappa shape index (κ3) is 20.7. The molecule has 90 heavy (non-hydrogen) atoms. The SMILES string of the molecule is CC(CBr)C(=O)Oc1ccc(ON2P(Oc3ccc(OC(=O)C(C)CBr)cc3)N=P(Oc3ccc(OC(=O)C(C)CBr)cc3)(Oc3ccc(OC(=O)C(C)CBr)cc3)N(Oc3ccc(OC(=O)C(C)CBr)cc3)P2Oc2ccc(OC(=O)C(C)CBr)cc2)cc1. The molecule has 21 nitrogen and oxygen atoms in total. The molecule has 480 valence electrons. The van der Waals surface area contributed by atoms with Gasteiger partial charge >= 0.3 is 60.4 Å². The maximum atomic E-state index is 13.0. The predicted molar refractivity (Wildman–Crippen MR) is 361 cm³/mol. The van der Waals surface area contributed by atoms with E-state index >= 15 is 0 Å². The summed E-state index contributed by atoms with van der Waals surface area (Å²) in [6.45, 7) is 10.3. The van der Waals surface area contributed by atoms with Crippen molar-refractivity contribution in [3.05, 3.63) is 146 Å². The first-order valence-electron chi connectivity index (χ1n) is 27.4. The first kappa shape index (κ1) is 72.3. The monoisotopic (exact) mass is 1680 g/mol. The first-order chi connectivity index (χ1) is 43.2. The lowest BCUT2D eigenvalue weighted by Crippen LogP contribution is -2.37. The van der Waals surface area contributed by atoms with Crippen molar-refractivity contribution in [1.82, 2.24) is 9.21 Å². The molecule has 0 fully saturated rings. The molecule has 30 heteroatoms. The van der Waals surface area contributed by atoms with E-state index in [0.717, 1.165) is 0 Å². The van der Waals surface area contributed by atoms with Gasteiger partial charge in [-0.3, -0.25) is 28.8 Å². The fourth-order valence-corrected chi connectivity index (χ4v) is 15.6. The molecule has 0 bridgehead atoms. The molecule has 0 spiro atoms. The molecule has 8 unspecified atom stereocenters. The Morgan fingerprint density at radius 2 is 0.567 bits per heavy atom. The standard InChI is InChI=1S/C60H60Br6N3O18P3/c1-37(31-61)55(70)76-43-7-19-49(20-8-43)82-68-88(84-51-23-11-45(12-24-51)78-57(72)39(3)33-63)67-90(86-53-27-15-47(16-28-53)80-59(74)41(5)35-65,87-54-29-17-48(18-30-54)81-60(75)42(6)36-66)69(83-50-21-9-44(10-22-50)77-56(71)38(2)32-62)89(68)85-52-25-13-46(14-26-52)79-58(73)40(4)34-64/h7-30,37-42H,31-36H2,1-6H3. The van der Waals surface area contributed by atoms with E-state index in [1.54, 1.807) is 77.9 Å². The van der Waals surface area contributed by atoms with Gasteiger partial charge in [-0.1, -0.05) is 137 Å². The number of carbonyl (C=O) groups excluding carboxylic acids is 6. The van der Waals surface area contributed by atoms with Gasteiger partial charge in [0.15, 0.2) is 0 Å². The Hall–Kier alpha value is -5.17. The van der Waals surface area contributed by atoms with Gasteiger partial charge in [-0.25, -0.2) is 0 Å². The van der Waals surface area contributed by atoms with Crippen molar-refractivity contribution in [2.75, 3.05) is 32.0 Å². The molecule has 0 radical (unpaired) electrons. The third-order valence-corrected chi connectivity index (χ3v) is 24.8. The maximum Gasteiger partial charge on any atom is 0.447 e. The Labute approximate surface area is 573 Å². The topological polar surface area (TPSA) is 232 Å². The van der Waals surface area contributed by atoms with E-state index in [1.165, 1.54) is 118 Å². The van der Waals surface area contributed by atoms with Crippen molar-refractivity contribution < 1.29 is 85.0 Å². The molecule has 0 saturated heterocycles. The van der Waals surface area contributed by atoms with Gasteiger partial charge < -0.3 is 56.2 Å². The first-order valence-corrected chi connectivity index (χ1v) is 38.0. The number of ether oxygens (including phenoxy) is 6. The van der Waals surface area contributed by atoms with Crippen molar-refractivity contribution in [2.45, 2.75) is 41.5 Å². The van der Waals surface area contributed by atoms with Gasteiger partial charge in [-0.05, 0) is 146 Å². The number of benzene rings is 6. The zero-order valence-corrected chi connectivity index (χ0v) is 61.1. The second-order valence-corrected chi connectivity index (χ2v) is 29.2. The highest BCUT2D eigenvalue weighted by atomic mass is 79.9. The summed E-state index contributed by atoms with van der Waals surface area (Å²) in [6, 6.07) is 36.8. The molecule has 8 atom stereocenters. The van der Waals surface area contributed by atoms with Crippen LogP contribution in [0.15, 0.2) is 150 Å². The van der Waals surface area contributed by atoms with Crippen LogP contribution in [-0.4, -0.2) is 77.0 Å². The summed E-state index contributed by atoms with van der Waals surface area (Å²) >= 11 is 20.0. The Kier molecular flexibility index (Phi) is 28.3. The minimum Gasteiger partial charge on any atom is -0.440 e. The van der Waals surface area contributed by atoms with Crippen LogP contribution < -0.4 is 56.2 Å². The number of halogens is 6. The van der Waals surface area contributed by atoms with Crippen molar-refractivity contribution >= 4 is 156 Å². The lowest BCUT2D eigenvalue weighted by Gasteiger charge is -2.43. The molecule has 7 rings (SSSR count). The Morgan fingerprint density at radius 1 is 0.344 bits per heavy atom. The van der Waals surface area contributed by atoms with E-state index in [2.05, 4.69) is 95.6 Å². The van der Waals surface area contributed by atoms with Crippen molar-refractivity contribution in [2.24, 2.45) is 40.0 Å². The molecular weight excluding hydrogens is 1620 g/mol. The summed E-state index contributed by atoms with van der Waals surface area (Å²) in [5, 5.41) is 2.17. The van der Waals surface area contributed by atoms with E-state index in [0.29, 0.717) is 32.0 Å². The van der Waals surface area contributed by atoms with Crippen molar-refractivity contribution in [3.63, 3.8) is 0 Å².